The number of aromatic nitrogens is 3. The number of carbonyl (C=O) groups is 1. The third-order valence-corrected chi connectivity index (χ3v) is 3.43. The molecule has 3 N–H and O–H groups in total. The first kappa shape index (κ1) is 15.8. The summed E-state index contributed by atoms with van der Waals surface area (Å²) in [5.41, 5.74) is 7.60. The predicted molar refractivity (Wildman–Crippen MR) is 85.1 cm³/mol. The lowest BCUT2D eigenvalue weighted by Gasteiger charge is -2.22. The van der Waals surface area contributed by atoms with Crippen LogP contribution in [0, 0.1) is 0 Å². The fraction of sp³-hybridized carbons (Fsp3) is 0.400. The molecule has 7 heteroatoms. The van der Waals surface area contributed by atoms with Crippen molar-refractivity contribution in [1.29, 1.82) is 0 Å². The number of nitrogens with two attached hydrogens (primary N) is 1. The third-order valence-electron chi connectivity index (χ3n) is 3.43. The molecule has 0 saturated heterocycles. The van der Waals surface area contributed by atoms with Gasteiger partial charge in [0.2, 0.25) is 0 Å². The molecule has 2 aromatic rings. The molecule has 0 spiro atoms. The van der Waals surface area contributed by atoms with Crippen LogP contribution in [0.25, 0.3) is 11.3 Å². The van der Waals surface area contributed by atoms with Gasteiger partial charge in [0.1, 0.15) is 11.4 Å². The van der Waals surface area contributed by atoms with Gasteiger partial charge < -0.3 is 15.4 Å². The van der Waals surface area contributed by atoms with Gasteiger partial charge in [-0.05, 0) is 32.9 Å². The van der Waals surface area contributed by atoms with Gasteiger partial charge in [0.25, 0.3) is 5.91 Å². The van der Waals surface area contributed by atoms with Crippen LogP contribution >= 0.6 is 0 Å². The number of benzene rings is 1. The summed E-state index contributed by atoms with van der Waals surface area (Å²) in [7, 11) is 0. The molecule has 0 radical (unpaired) electrons. The average Bonchev–Trinajstić information content (AvgIpc) is 2.99. The molecule has 0 fully saturated rings. The number of amides is 1. The number of hydrogen-bond donors (Lipinski definition) is 2. The largest absolute Gasteiger partial charge is 0.493 e. The van der Waals surface area contributed by atoms with Gasteiger partial charge in [0, 0.05) is 30.4 Å². The van der Waals surface area contributed by atoms with Crippen LogP contribution in [0.1, 0.15) is 31.3 Å². The second kappa shape index (κ2) is 6.93. The van der Waals surface area contributed by atoms with Gasteiger partial charge in [-0.1, -0.05) is 0 Å². The summed E-state index contributed by atoms with van der Waals surface area (Å²) in [4.78, 5) is 13.7. The normalized spacial score (nSPS) is 10.5. The molecule has 0 saturated carbocycles. The van der Waals surface area contributed by atoms with E-state index in [-0.39, 0.29) is 5.69 Å². The molecule has 1 heterocycles. The van der Waals surface area contributed by atoms with Crippen LogP contribution in [0.2, 0.25) is 0 Å². The smallest absolute Gasteiger partial charge is 0.271 e. The maximum absolute atomic E-state index is 11.4. The molecular weight excluding hydrogens is 282 g/mol. The number of anilines is 1. The molecule has 0 aliphatic heterocycles. The van der Waals surface area contributed by atoms with Crippen molar-refractivity contribution in [3.63, 3.8) is 0 Å². The number of primary amides is 1. The van der Waals surface area contributed by atoms with Crippen LogP contribution in [0.15, 0.2) is 18.2 Å². The molecule has 0 aliphatic rings. The van der Waals surface area contributed by atoms with Crippen LogP contribution < -0.4 is 15.4 Å². The summed E-state index contributed by atoms with van der Waals surface area (Å²) < 4.78 is 5.71. The molecule has 1 aromatic carbocycles. The molecule has 0 aliphatic carbocycles. The number of H-pyrrole nitrogens is 1. The molecule has 0 atom stereocenters. The van der Waals surface area contributed by atoms with E-state index in [1.54, 1.807) is 0 Å². The summed E-state index contributed by atoms with van der Waals surface area (Å²) in [6.07, 6.45) is 0. The van der Waals surface area contributed by atoms with Crippen LogP contribution in [0.4, 0.5) is 5.69 Å². The van der Waals surface area contributed by atoms with E-state index >= 15 is 0 Å². The molecule has 0 bridgehead atoms. The summed E-state index contributed by atoms with van der Waals surface area (Å²) in [5, 5.41) is 10.3. The Labute approximate surface area is 129 Å². The summed E-state index contributed by atoms with van der Waals surface area (Å²) in [6, 6.07) is 5.80. The Morgan fingerprint density at radius 2 is 2.00 bits per heavy atom. The zero-order valence-electron chi connectivity index (χ0n) is 13.1. The first-order chi connectivity index (χ1) is 10.6. The molecule has 22 heavy (non-hydrogen) atoms. The van der Waals surface area contributed by atoms with E-state index in [2.05, 4.69) is 34.2 Å². The van der Waals surface area contributed by atoms with E-state index in [0.717, 1.165) is 18.8 Å². The van der Waals surface area contributed by atoms with Crippen LogP contribution in [0.5, 0.6) is 5.75 Å². The van der Waals surface area contributed by atoms with E-state index in [1.165, 1.54) is 0 Å². The highest BCUT2D eigenvalue weighted by Crippen LogP contribution is 2.34. The number of hydrogen-bond acceptors (Lipinski definition) is 5. The maximum atomic E-state index is 11.4. The van der Waals surface area contributed by atoms with E-state index < -0.39 is 5.91 Å². The summed E-state index contributed by atoms with van der Waals surface area (Å²) in [6.45, 7) is 8.42. The molecule has 118 valence electrons. The highest BCUT2D eigenvalue weighted by Gasteiger charge is 2.19. The van der Waals surface area contributed by atoms with E-state index in [9.17, 15) is 4.79 Å². The first-order valence-electron chi connectivity index (χ1n) is 7.35. The van der Waals surface area contributed by atoms with Crippen molar-refractivity contribution >= 4 is 11.6 Å². The van der Waals surface area contributed by atoms with Crippen molar-refractivity contribution in [3.05, 3.63) is 23.9 Å². The first-order valence-corrected chi connectivity index (χ1v) is 7.35. The van der Waals surface area contributed by atoms with Crippen molar-refractivity contribution in [1.82, 2.24) is 15.4 Å². The van der Waals surface area contributed by atoms with Gasteiger partial charge in [0.15, 0.2) is 5.69 Å². The van der Waals surface area contributed by atoms with Crippen molar-refractivity contribution in [3.8, 4) is 17.0 Å². The Morgan fingerprint density at radius 1 is 1.27 bits per heavy atom. The van der Waals surface area contributed by atoms with Gasteiger partial charge in [-0.15, -0.1) is 0 Å². The van der Waals surface area contributed by atoms with Crippen molar-refractivity contribution < 1.29 is 9.53 Å². The van der Waals surface area contributed by atoms with Crippen LogP contribution in [-0.2, 0) is 0 Å². The highest BCUT2D eigenvalue weighted by atomic mass is 16.5. The predicted octanol–water partition coefficient (Wildman–Crippen LogP) is 1.82. The number of rotatable bonds is 7. The number of carbonyl (C=O) groups excluding carboxylic acids is 1. The number of nitrogens with zero attached hydrogens (tertiary/aromatic N) is 3. The monoisotopic (exact) mass is 303 g/mol. The lowest BCUT2D eigenvalue weighted by Crippen LogP contribution is -2.21. The van der Waals surface area contributed by atoms with Gasteiger partial charge in [-0.2, -0.15) is 15.4 Å². The number of nitrogens with one attached hydrogen (secondary N) is 1. The Hall–Kier alpha value is -2.57. The van der Waals surface area contributed by atoms with Crippen molar-refractivity contribution in [2.45, 2.75) is 20.8 Å². The minimum Gasteiger partial charge on any atom is -0.493 e. The molecule has 7 nitrogen and oxygen atoms in total. The number of ether oxygens (including phenoxy) is 1. The minimum absolute atomic E-state index is 0.108. The molecular formula is C15H21N5O2. The fourth-order valence-electron chi connectivity index (χ4n) is 2.36. The van der Waals surface area contributed by atoms with Crippen LogP contribution in [0.3, 0.4) is 0 Å². The Bertz CT molecular complexity index is 649. The standard InChI is InChI=1S/C15H21N5O2/c1-4-20(5-2)10-7-8-11(12(9-10)22-6-3)13-14(15(16)21)18-19-17-13/h7-9H,4-6H2,1-3H3,(H2,16,21)(H,17,18,19). The Balaban J connectivity index is 2.51. The SMILES string of the molecule is CCOc1cc(N(CC)CC)ccc1-c1n[nH]nc1C(N)=O. The van der Waals surface area contributed by atoms with Gasteiger partial charge in [-0.25, -0.2) is 0 Å². The number of aromatic amines is 1. The van der Waals surface area contributed by atoms with Crippen molar-refractivity contribution in [2.24, 2.45) is 5.73 Å². The minimum atomic E-state index is -0.626. The summed E-state index contributed by atoms with van der Waals surface area (Å²) in [5.74, 6) is 0.0299. The zero-order valence-corrected chi connectivity index (χ0v) is 13.1. The third kappa shape index (κ3) is 3.03. The lowest BCUT2D eigenvalue weighted by molar-refractivity contribution is 0.0996. The molecule has 1 amide bonds. The quantitative estimate of drug-likeness (QED) is 0.813. The second-order valence-corrected chi connectivity index (χ2v) is 4.67. The van der Waals surface area contributed by atoms with Gasteiger partial charge in [-0.3, -0.25) is 4.79 Å². The zero-order chi connectivity index (χ0) is 16.1. The Morgan fingerprint density at radius 3 is 2.59 bits per heavy atom. The van der Waals surface area contributed by atoms with Crippen LogP contribution in [-0.4, -0.2) is 41.0 Å². The molecule has 1 aromatic heterocycles. The van der Waals surface area contributed by atoms with E-state index in [1.807, 2.05) is 25.1 Å². The topological polar surface area (TPSA) is 97.1 Å². The molecule has 2 rings (SSSR count). The molecule has 0 unspecified atom stereocenters. The van der Waals surface area contributed by atoms with Crippen molar-refractivity contribution in [2.75, 3.05) is 24.6 Å². The van der Waals surface area contributed by atoms with Gasteiger partial charge >= 0.3 is 0 Å². The summed E-state index contributed by atoms with van der Waals surface area (Å²) >= 11 is 0. The van der Waals surface area contributed by atoms with E-state index in [0.29, 0.717) is 23.6 Å². The average molecular weight is 303 g/mol. The lowest BCUT2D eigenvalue weighted by atomic mass is 10.1. The van der Waals surface area contributed by atoms with E-state index in [4.69, 9.17) is 10.5 Å². The maximum Gasteiger partial charge on any atom is 0.271 e. The Kier molecular flexibility index (Phi) is 4.98. The highest BCUT2D eigenvalue weighted by molar-refractivity contribution is 5.97. The van der Waals surface area contributed by atoms with Gasteiger partial charge in [0.05, 0.1) is 6.61 Å². The fourth-order valence-corrected chi connectivity index (χ4v) is 2.36. The second-order valence-electron chi connectivity index (χ2n) is 4.67.